The third kappa shape index (κ3) is 1.69. The zero-order valence-corrected chi connectivity index (χ0v) is 10.2. The molecule has 0 saturated carbocycles. The number of benzene rings is 1. The second kappa shape index (κ2) is 3.77. The van der Waals surface area contributed by atoms with E-state index in [0.717, 1.165) is 33.2 Å². The maximum Gasteiger partial charge on any atom is 0.124 e. The molecule has 0 N–H and O–H groups in total. The minimum atomic E-state index is 0.431. The Kier molecular flexibility index (Phi) is 2.61. The third-order valence-electron chi connectivity index (χ3n) is 2.58. The molecule has 0 aliphatic carbocycles. The quantitative estimate of drug-likeness (QED) is 0.783. The fourth-order valence-corrected chi connectivity index (χ4v) is 2.12. The lowest BCUT2D eigenvalue weighted by atomic mass is 10.1. The summed E-state index contributed by atoms with van der Waals surface area (Å²) in [6.45, 7) is 1.97. The van der Waals surface area contributed by atoms with Crippen LogP contribution in [0.4, 0.5) is 0 Å². The Bertz CT molecular complexity index is 531. The van der Waals surface area contributed by atoms with Gasteiger partial charge in [0.15, 0.2) is 0 Å². The average molecular weight is 267 g/mol. The topological polar surface area (TPSA) is 34.9 Å². The number of carbonyl (C=O) groups is 1. The van der Waals surface area contributed by atoms with E-state index in [4.69, 9.17) is 0 Å². The van der Waals surface area contributed by atoms with E-state index < -0.39 is 0 Å². The van der Waals surface area contributed by atoms with Gasteiger partial charge in [-0.25, -0.2) is 4.98 Å². The van der Waals surface area contributed by atoms with Gasteiger partial charge in [-0.15, -0.1) is 0 Å². The lowest BCUT2D eigenvalue weighted by molar-refractivity contribution is -0.107. The summed E-state index contributed by atoms with van der Waals surface area (Å²) in [7, 11) is 1.98. The van der Waals surface area contributed by atoms with E-state index in [2.05, 4.69) is 20.9 Å². The van der Waals surface area contributed by atoms with Crippen molar-refractivity contribution < 1.29 is 4.79 Å². The van der Waals surface area contributed by atoms with Gasteiger partial charge >= 0.3 is 0 Å². The smallest absolute Gasteiger partial charge is 0.124 e. The number of hydrogen-bond donors (Lipinski definition) is 0. The Balaban J connectivity index is 2.71. The molecule has 1 heterocycles. The van der Waals surface area contributed by atoms with Crippen molar-refractivity contribution in [3.8, 4) is 0 Å². The van der Waals surface area contributed by atoms with Gasteiger partial charge < -0.3 is 9.36 Å². The van der Waals surface area contributed by atoms with Gasteiger partial charge in [-0.3, -0.25) is 0 Å². The minimum absolute atomic E-state index is 0.431. The molecule has 0 radical (unpaired) electrons. The maximum atomic E-state index is 10.5. The number of aldehydes is 1. The Morgan fingerprint density at radius 2 is 2.27 bits per heavy atom. The first-order valence-corrected chi connectivity index (χ1v) is 5.48. The van der Waals surface area contributed by atoms with E-state index in [-0.39, 0.29) is 0 Å². The Labute approximate surface area is 96.2 Å². The Morgan fingerprint density at radius 3 is 2.93 bits per heavy atom. The largest absolute Gasteiger partial charge is 0.331 e. The van der Waals surface area contributed by atoms with E-state index in [1.54, 1.807) is 0 Å². The Hall–Kier alpha value is -1.16. The normalized spacial score (nSPS) is 10.9. The van der Waals surface area contributed by atoms with E-state index in [1.165, 1.54) is 0 Å². The number of hydrogen-bond acceptors (Lipinski definition) is 2. The molecule has 0 atom stereocenters. The SMILES string of the molecule is Cc1nc2cc(Br)c(CC=O)cc2n1C. The van der Waals surface area contributed by atoms with Crippen molar-refractivity contribution in [2.45, 2.75) is 13.3 Å². The van der Waals surface area contributed by atoms with Crippen LogP contribution in [0.3, 0.4) is 0 Å². The van der Waals surface area contributed by atoms with Gasteiger partial charge in [-0.05, 0) is 24.6 Å². The van der Waals surface area contributed by atoms with Crippen LogP contribution in [0.5, 0.6) is 0 Å². The first kappa shape index (κ1) is 10.4. The molecule has 2 aromatic rings. The number of nitrogens with zero attached hydrogens (tertiary/aromatic N) is 2. The summed E-state index contributed by atoms with van der Waals surface area (Å²) in [4.78, 5) is 14.9. The highest BCUT2D eigenvalue weighted by Gasteiger charge is 2.08. The number of fused-ring (bicyclic) bond motifs is 1. The van der Waals surface area contributed by atoms with E-state index in [9.17, 15) is 4.79 Å². The minimum Gasteiger partial charge on any atom is -0.331 e. The zero-order chi connectivity index (χ0) is 11.0. The second-order valence-electron chi connectivity index (χ2n) is 3.52. The van der Waals surface area contributed by atoms with Gasteiger partial charge in [-0.2, -0.15) is 0 Å². The summed E-state index contributed by atoms with van der Waals surface area (Å²) in [5, 5.41) is 0. The van der Waals surface area contributed by atoms with Crippen molar-refractivity contribution >= 4 is 33.2 Å². The molecule has 0 spiro atoms. The second-order valence-corrected chi connectivity index (χ2v) is 4.38. The van der Waals surface area contributed by atoms with Crippen LogP contribution in [0.15, 0.2) is 16.6 Å². The van der Waals surface area contributed by atoms with E-state index >= 15 is 0 Å². The molecule has 0 unspecified atom stereocenters. The predicted octanol–water partition coefficient (Wildman–Crippen LogP) is 2.39. The third-order valence-corrected chi connectivity index (χ3v) is 3.31. The van der Waals surface area contributed by atoms with Crippen LogP contribution in [-0.2, 0) is 18.3 Å². The van der Waals surface area contributed by atoms with Crippen LogP contribution in [-0.4, -0.2) is 15.8 Å². The summed E-state index contributed by atoms with van der Waals surface area (Å²) in [6, 6.07) is 3.97. The lowest BCUT2D eigenvalue weighted by Gasteiger charge is -2.02. The van der Waals surface area contributed by atoms with Crippen LogP contribution in [0.2, 0.25) is 0 Å². The van der Waals surface area contributed by atoms with Crippen LogP contribution < -0.4 is 0 Å². The first-order valence-electron chi connectivity index (χ1n) is 4.68. The summed E-state index contributed by atoms with van der Waals surface area (Å²) in [6.07, 6.45) is 1.34. The van der Waals surface area contributed by atoms with Gasteiger partial charge in [0, 0.05) is 17.9 Å². The highest BCUT2D eigenvalue weighted by Crippen LogP contribution is 2.24. The summed E-state index contributed by atoms with van der Waals surface area (Å²) in [5.74, 6) is 0.972. The average Bonchev–Trinajstić information content (AvgIpc) is 2.45. The maximum absolute atomic E-state index is 10.5. The molecular weight excluding hydrogens is 256 g/mol. The van der Waals surface area contributed by atoms with Gasteiger partial charge in [-0.1, -0.05) is 15.9 Å². The molecular formula is C11H11BrN2O. The van der Waals surface area contributed by atoms with Crippen molar-refractivity contribution in [3.05, 3.63) is 28.0 Å². The van der Waals surface area contributed by atoms with Crippen LogP contribution in [0.25, 0.3) is 11.0 Å². The van der Waals surface area contributed by atoms with Gasteiger partial charge in [0.1, 0.15) is 12.1 Å². The van der Waals surface area contributed by atoms with Crippen LogP contribution in [0, 0.1) is 6.92 Å². The molecule has 2 rings (SSSR count). The summed E-state index contributed by atoms with van der Waals surface area (Å²) >= 11 is 3.44. The number of carbonyl (C=O) groups excluding carboxylic acids is 1. The lowest BCUT2D eigenvalue weighted by Crippen LogP contribution is -1.92. The standard InChI is InChI=1S/C11H11BrN2O/c1-7-13-10-6-9(12)8(3-4-15)5-11(10)14(7)2/h4-6H,3H2,1-2H3. The van der Waals surface area contributed by atoms with Crippen molar-refractivity contribution in [3.63, 3.8) is 0 Å². The fourth-order valence-electron chi connectivity index (χ4n) is 1.62. The van der Waals surface area contributed by atoms with E-state index in [0.29, 0.717) is 6.42 Å². The van der Waals surface area contributed by atoms with Gasteiger partial charge in [0.25, 0.3) is 0 Å². The molecule has 1 aromatic carbocycles. The van der Waals surface area contributed by atoms with Crippen LogP contribution in [0.1, 0.15) is 11.4 Å². The number of imidazole rings is 1. The molecule has 0 amide bonds. The summed E-state index contributed by atoms with van der Waals surface area (Å²) in [5.41, 5.74) is 3.02. The molecule has 4 heteroatoms. The molecule has 1 aromatic heterocycles. The number of aromatic nitrogens is 2. The number of aryl methyl sites for hydroxylation is 2. The molecule has 0 bridgehead atoms. The first-order chi connectivity index (χ1) is 7.13. The van der Waals surface area contributed by atoms with Crippen molar-refractivity contribution in [2.75, 3.05) is 0 Å². The number of rotatable bonds is 2. The van der Waals surface area contributed by atoms with Crippen molar-refractivity contribution in [1.82, 2.24) is 9.55 Å². The molecule has 3 nitrogen and oxygen atoms in total. The van der Waals surface area contributed by atoms with Crippen molar-refractivity contribution in [2.24, 2.45) is 7.05 Å². The molecule has 0 aliphatic rings. The molecule has 0 saturated heterocycles. The number of halogens is 1. The van der Waals surface area contributed by atoms with E-state index in [1.807, 2.05) is 30.7 Å². The summed E-state index contributed by atoms with van der Waals surface area (Å²) < 4.78 is 2.97. The molecule has 15 heavy (non-hydrogen) atoms. The Morgan fingerprint density at radius 1 is 1.53 bits per heavy atom. The zero-order valence-electron chi connectivity index (χ0n) is 8.62. The van der Waals surface area contributed by atoms with Gasteiger partial charge in [0.2, 0.25) is 0 Å². The highest BCUT2D eigenvalue weighted by atomic mass is 79.9. The molecule has 78 valence electrons. The van der Waals surface area contributed by atoms with Crippen molar-refractivity contribution in [1.29, 1.82) is 0 Å². The van der Waals surface area contributed by atoms with Crippen LogP contribution >= 0.6 is 15.9 Å². The predicted molar refractivity (Wildman–Crippen MR) is 62.9 cm³/mol. The highest BCUT2D eigenvalue weighted by molar-refractivity contribution is 9.10. The monoisotopic (exact) mass is 266 g/mol. The fraction of sp³-hybridized carbons (Fsp3) is 0.273. The molecule has 0 aliphatic heterocycles. The van der Waals surface area contributed by atoms with Gasteiger partial charge in [0.05, 0.1) is 11.0 Å². The molecule has 0 fully saturated rings.